The highest BCUT2D eigenvalue weighted by atomic mass is 16.5. The third-order valence-electron chi connectivity index (χ3n) is 3.09. The molecule has 0 unspecified atom stereocenters. The van der Waals surface area contributed by atoms with E-state index in [4.69, 9.17) is 9.84 Å². The Morgan fingerprint density at radius 1 is 1.21 bits per heavy atom. The number of benzene rings is 2. The number of carbonyl (C=O) groups is 1. The molecule has 0 aliphatic rings. The van der Waals surface area contributed by atoms with Crippen LogP contribution < -0.4 is 4.74 Å². The predicted octanol–water partition coefficient (Wildman–Crippen LogP) is 2.75. The van der Waals surface area contributed by atoms with Gasteiger partial charge in [-0.25, -0.2) is 0 Å². The van der Waals surface area contributed by atoms with Crippen LogP contribution in [-0.2, 0) is 4.79 Å². The van der Waals surface area contributed by atoms with Gasteiger partial charge in [0, 0.05) is 6.42 Å². The van der Waals surface area contributed by atoms with Crippen LogP contribution in [0.1, 0.15) is 24.5 Å². The molecule has 2 rings (SSSR count). The van der Waals surface area contributed by atoms with Crippen LogP contribution in [-0.4, -0.2) is 23.3 Å². The molecule has 19 heavy (non-hydrogen) atoms. The molecule has 0 aliphatic heterocycles. The molecule has 0 saturated heterocycles. The second-order valence-electron chi connectivity index (χ2n) is 4.42. The molecule has 2 aromatic rings. The Morgan fingerprint density at radius 3 is 2.58 bits per heavy atom. The molecule has 0 aromatic heterocycles. The minimum absolute atomic E-state index is 0.0399. The first kappa shape index (κ1) is 13.4. The van der Waals surface area contributed by atoms with Gasteiger partial charge in [-0.05, 0) is 41.0 Å². The lowest BCUT2D eigenvalue weighted by atomic mass is 10.0. The number of rotatable bonds is 5. The number of carboxylic acid groups (broad SMARTS) is 1. The summed E-state index contributed by atoms with van der Waals surface area (Å²) in [5.41, 5.74) is 0.735. The van der Waals surface area contributed by atoms with Crippen LogP contribution in [0.2, 0.25) is 0 Å². The molecule has 1 atom stereocenters. The standard InChI is InChI=1S/C15H16O4/c1-19-13-5-4-10-8-12(3-2-11(10)9-13)14(16)6-7-15(17)18/h2-5,8-9,14,16H,6-7H2,1H3,(H,17,18)/t14-/m0/s1. The van der Waals surface area contributed by atoms with Crippen LogP contribution in [0.4, 0.5) is 0 Å². The van der Waals surface area contributed by atoms with Crippen molar-refractivity contribution in [3.63, 3.8) is 0 Å². The first-order chi connectivity index (χ1) is 9.10. The van der Waals surface area contributed by atoms with Crippen molar-refractivity contribution in [2.75, 3.05) is 7.11 Å². The number of aliphatic carboxylic acids is 1. The van der Waals surface area contributed by atoms with Crippen molar-refractivity contribution in [2.45, 2.75) is 18.9 Å². The number of ether oxygens (including phenoxy) is 1. The number of hydrogen-bond acceptors (Lipinski definition) is 3. The number of aliphatic hydroxyl groups is 1. The van der Waals surface area contributed by atoms with Crippen LogP contribution in [0, 0.1) is 0 Å². The number of carboxylic acids is 1. The summed E-state index contributed by atoms with van der Waals surface area (Å²) in [6.45, 7) is 0. The summed E-state index contributed by atoms with van der Waals surface area (Å²) in [6, 6.07) is 11.3. The highest BCUT2D eigenvalue weighted by molar-refractivity contribution is 5.84. The molecule has 4 nitrogen and oxygen atoms in total. The van der Waals surface area contributed by atoms with E-state index in [0.717, 1.165) is 22.1 Å². The molecule has 0 saturated carbocycles. The van der Waals surface area contributed by atoms with Crippen molar-refractivity contribution in [3.05, 3.63) is 42.0 Å². The number of aliphatic hydroxyl groups excluding tert-OH is 1. The van der Waals surface area contributed by atoms with E-state index < -0.39 is 12.1 Å². The molecule has 0 heterocycles. The number of hydrogen-bond donors (Lipinski definition) is 2. The van der Waals surface area contributed by atoms with Gasteiger partial charge in [0.15, 0.2) is 0 Å². The second-order valence-corrected chi connectivity index (χ2v) is 4.42. The van der Waals surface area contributed by atoms with E-state index in [9.17, 15) is 9.90 Å². The molecule has 4 heteroatoms. The second kappa shape index (κ2) is 5.71. The van der Waals surface area contributed by atoms with Crippen LogP contribution in [0.3, 0.4) is 0 Å². The van der Waals surface area contributed by atoms with Gasteiger partial charge in [-0.1, -0.05) is 18.2 Å². The van der Waals surface area contributed by atoms with Crippen LogP contribution >= 0.6 is 0 Å². The molecule has 100 valence electrons. The van der Waals surface area contributed by atoms with E-state index in [1.54, 1.807) is 7.11 Å². The summed E-state index contributed by atoms with van der Waals surface area (Å²) in [5.74, 6) is -0.115. The maximum atomic E-state index is 10.5. The van der Waals surface area contributed by atoms with E-state index in [-0.39, 0.29) is 12.8 Å². The Balaban J connectivity index is 2.23. The molecular weight excluding hydrogens is 244 g/mol. The Labute approximate surface area is 111 Å². The average molecular weight is 260 g/mol. The topological polar surface area (TPSA) is 66.8 Å². The van der Waals surface area contributed by atoms with Gasteiger partial charge in [-0.3, -0.25) is 4.79 Å². The molecule has 0 amide bonds. The zero-order valence-corrected chi connectivity index (χ0v) is 10.7. The highest BCUT2D eigenvalue weighted by Crippen LogP contribution is 2.26. The zero-order valence-electron chi connectivity index (χ0n) is 10.7. The van der Waals surface area contributed by atoms with Gasteiger partial charge < -0.3 is 14.9 Å². The van der Waals surface area contributed by atoms with E-state index in [1.165, 1.54) is 0 Å². The lowest BCUT2D eigenvalue weighted by molar-refractivity contribution is -0.137. The maximum Gasteiger partial charge on any atom is 0.303 e. The van der Waals surface area contributed by atoms with Gasteiger partial charge in [0.05, 0.1) is 13.2 Å². The highest BCUT2D eigenvalue weighted by Gasteiger charge is 2.10. The third kappa shape index (κ3) is 3.23. The molecule has 2 N–H and O–H groups in total. The van der Waals surface area contributed by atoms with Crippen molar-refractivity contribution in [1.82, 2.24) is 0 Å². The quantitative estimate of drug-likeness (QED) is 0.867. The van der Waals surface area contributed by atoms with Crippen molar-refractivity contribution >= 4 is 16.7 Å². The Morgan fingerprint density at radius 2 is 1.89 bits per heavy atom. The van der Waals surface area contributed by atoms with Gasteiger partial charge in [0.1, 0.15) is 5.75 Å². The van der Waals surface area contributed by atoms with E-state index in [1.807, 2.05) is 36.4 Å². The van der Waals surface area contributed by atoms with Gasteiger partial charge >= 0.3 is 5.97 Å². The molecule has 0 aliphatic carbocycles. The van der Waals surface area contributed by atoms with Gasteiger partial charge in [-0.15, -0.1) is 0 Å². The SMILES string of the molecule is COc1ccc2cc([C@@H](O)CCC(=O)O)ccc2c1. The van der Waals surface area contributed by atoms with E-state index >= 15 is 0 Å². The largest absolute Gasteiger partial charge is 0.497 e. The summed E-state index contributed by atoms with van der Waals surface area (Å²) >= 11 is 0. The molecule has 2 aromatic carbocycles. The molecule has 0 radical (unpaired) electrons. The molecule has 0 fully saturated rings. The van der Waals surface area contributed by atoms with Crippen molar-refractivity contribution in [2.24, 2.45) is 0 Å². The van der Waals surface area contributed by atoms with Gasteiger partial charge in [-0.2, -0.15) is 0 Å². The summed E-state index contributed by atoms with van der Waals surface area (Å²) in [6.07, 6.45) is -0.568. The summed E-state index contributed by atoms with van der Waals surface area (Å²) in [4.78, 5) is 10.5. The monoisotopic (exact) mass is 260 g/mol. The van der Waals surface area contributed by atoms with Crippen LogP contribution in [0.5, 0.6) is 5.75 Å². The normalized spacial score (nSPS) is 12.3. The number of methoxy groups -OCH3 is 1. The minimum atomic E-state index is -0.899. The fourth-order valence-corrected chi connectivity index (χ4v) is 2.00. The fourth-order valence-electron chi connectivity index (χ4n) is 2.00. The molecular formula is C15H16O4. The first-order valence-corrected chi connectivity index (χ1v) is 6.07. The lowest BCUT2D eigenvalue weighted by Gasteiger charge is -2.11. The number of fused-ring (bicyclic) bond motifs is 1. The van der Waals surface area contributed by atoms with Crippen molar-refractivity contribution in [3.8, 4) is 5.75 Å². The molecule has 0 bridgehead atoms. The average Bonchev–Trinajstić information content (AvgIpc) is 2.43. The van der Waals surface area contributed by atoms with E-state index in [2.05, 4.69) is 0 Å². The van der Waals surface area contributed by atoms with Crippen LogP contribution in [0.15, 0.2) is 36.4 Å². The van der Waals surface area contributed by atoms with Gasteiger partial charge in [0.25, 0.3) is 0 Å². The lowest BCUT2D eigenvalue weighted by Crippen LogP contribution is -2.02. The first-order valence-electron chi connectivity index (χ1n) is 6.07. The Bertz CT molecular complexity index is 592. The Kier molecular flexibility index (Phi) is 4.02. The molecule has 0 spiro atoms. The summed E-state index contributed by atoms with van der Waals surface area (Å²) < 4.78 is 5.15. The third-order valence-corrected chi connectivity index (χ3v) is 3.09. The maximum absolute atomic E-state index is 10.5. The Hall–Kier alpha value is -2.07. The van der Waals surface area contributed by atoms with Gasteiger partial charge in [0.2, 0.25) is 0 Å². The predicted molar refractivity (Wildman–Crippen MR) is 72.3 cm³/mol. The zero-order chi connectivity index (χ0) is 13.8. The van der Waals surface area contributed by atoms with Crippen LogP contribution in [0.25, 0.3) is 10.8 Å². The smallest absolute Gasteiger partial charge is 0.303 e. The summed E-state index contributed by atoms with van der Waals surface area (Å²) in [5, 5.41) is 20.6. The minimum Gasteiger partial charge on any atom is -0.497 e. The van der Waals surface area contributed by atoms with Crippen molar-refractivity contribution < 1.29 is 19.7 Å². The van der Waals surface area contributed by atoms with E-state index in [0.29, 0.717) is 0 Å². The van der Waals surface area contributed by atoms with Crippen molar-refractivity contribution in [1.29, 1.82) is 0 Å². The summed E-state index contributed by atoms with van der Waals surface area (Å²) in [7, 11) is 1.62. The fraction of sp³-hybridized carbons (Fsp3) is 0.267.